The van der Waals surface area contributed by atoms with Crippen molar-refractivity contribution in [3.05, 3.63) is 51.7 Å². The van der Waals surface area contributed by atoms with E-state index in [2.05, 4.69) is 14.9 Å². The summed E-state index contributed by atoms with van der Waals surface area (Å²) in [5.41, 5.74) is 7.47. The van der Waals surface area contributed by atoms with Crippen LogP contribution >= 0.6 is 34.9 Å². The fraction of sp³-hybridized carbons (Fsp3) is 0.385. The number of rotatable bonds is 13. The first-order valence-electron chi connectivity index (χ1n) is 12.8. The maximum atomic E-state index is 13.2. The van der Waals surface area contributed by atoms with Crippen molar-refractivity contribution in [1.82, 2.24) is 14.6 Å². The molecular formula is C26H29N5O8S4. The highest BCUT2D eigenvalue weighted by Gasteiger charge is 2.54. The molecule has 0 spiro atoms. The lowest BCUT2D eigenvalue weighted by atomic mass is 9.88. The summed E-state index contributed by atoms with van der Waals surface area (Å²) in [7, 11) is -2.59. The van der Waals surface area contributed by atoms with Gasteiger partial charge >= 0.3 is 5.97 Å². The predicted octanol–water partition coefficient (Wildman–Crippen LogP) is 2.01. The van der Waals surface area contributed by atoms with Crippen LogP contribution in [-0.2, 0) is 40.5 Å². The minimum atomic E-state index is -3.87. The molecule has 17 heteroatoms. The molecular weight excluding hydrogens is 639 g/mol. The molecule has 2 aliphatic rings. The second-order valence-electron chi connectivity index (χ2n) is 9.60. The van der Waals surface area contributed by atoms with Crippen LogP contribution in [0.25, 0.3) is 0 Å². The van der Waals surface area contributed by atoms with Crippen molar-refractivity contribution in [2.75, 3.05) is 30.9 Å². The van der Waals surface area contributed by atoms with E-state index >= 15 is 0 Å². The number of carbonyl (C=O) groups excluding carboxylic acids is 3. The summed E-state index contributed by atoms with van der Waals surface area (Å²) in [5.74, 6) is -2.50. The Bertz CT molecular complexity index is 1640. The van der Waals surface area contributed by atoms with E-state index < -0.39 is 39.0 Å². The first kappa shape index (κ1) is 32.7. The Labute approximate surface area is 260 Å². The molecule has 43 heavy (non-hydrogen) atoms. The van der Waals surface area contributed by atoms with Crippen LogP contribution in [-0.4, -0.2) is 82.4 Å². The number of anilines is 1. The smallest absolute Gasteiger partial charge is 0.352 e. The van der Waals surface area contributed by atoms with E-state index in [0.717, 1.165) is 28.7 Å². The van der Waals surface area contributed by atoms with Gasteiger partial charge in [0.25, 0.3) is 0 Å². The number of thiazole rings is 1. The fourth-order valence-electron chi connectivity index (χ4n) is 4.67. The zero-order valence-electron chi connectivity index (χ0n) is 23.4. The number of amides is 1. The maximum Gasteiger partial charge on any atom is 0.352 e. The van der Waals surface area contributed by atoms with Gasteiger partial charge in [0.15, 0.2) is 21.7 Å². The van der Waals surface area contributed by atoms with Gasteiger partial charge in [-0.15, -0.1) is 23.1 Å². The molecule has 230 valence electrons. The van der Waals surface area contributed by atoms with Gasteiger partial charge in [0, 0.05) is 36.8 Å². The number of carbonyl (C=O) groups is 4. The van der Waals surface area contributed by atoms with Crippen LogP contribution in [0.15, 0.2) is 44.9 Å². The lowest BCUT2D eigenvalue weighted by Crippen LogP contribution is -2.62. The van der Waals surface area contributed by atoms with Crippen molar-refractivity contribution in [2.24, 2.45) is 11.1 Å². The maximum absolute atomic E-state index is 13.2. The summed E-state index contributed by atoms with van der Waals surface area (Å²) in [6, 6.07) is 4.58. The molecule has 13 nitrogen and oxygen atoms in total. The van der Waals surface area contributed by atoms with Crippen LogP contribution in [0.4, 0.5) is 5.13 Å². The molecule has 3 heterocycles. The number of carboxylic acids is 1. The average Bonchev–Trinajstić information content (AvgIpc) is 3.38. The summed E-state index contributed by atoms with van der Waals surface area (Å²) >= 11 is 3.48. The lowest BCUT2D eigenvalue weighted by molar-refractivity contribution is -0.153. The minimum absolute atomic E-state index is 0.00809. The highest BCUT2D eigenvalue weighted by atomic mass is 32.2. The molecule has 0 radical (unpaired) electrons. The van der Waals surface area contributed by atoms with Crippen molar-refractivity contribution in [2.45, 2.75) is 37.0 Å². The van der Waals surface area contributed by atoms with E-state index in [-0.39, 0.29) is 63.1 Å². The molecule has 1 amide bonds. The van der Waals surface area contributed by atoms with Crippen LogP contribution in [0.2, 0.25) is 0 Å². The zero-order valence-corrected chi connectivity index (χ0v) is 26.6. The fourth-order valence-corrected chi connectivity index (χ4v) is 8.33. The van der Waals surface area contributed by atoms with Crippen molar-refractivity contribution < 1.29 is 37.5 Å². The number of hydrogen-bond donors (Lipinski definition) is 3. The van der Waals surface area contributed by atoms with Crippen LogP contribution in [0.3, 0.4) is 0 Å². The van der Waals surface area contributed by atoms with E-state index in [1.807, 2.05) is 0 Å². The number of nitrogen functional groups attached to an aromatic ring is 1. The largest absolute Gasteiger partial charge is 0.477 e. The van der Waals surface area contributed by atoms with E-state index in [1.165, 1.54) is 42.8 Å². The Morgan fingerprint density at radius 2 is 2.07 bits per heavy atom. The normalized spacial score (nSPS) is 18.7. The van der Waals surface area contributed by atoms with Crippen molar-refractivity contribution in [1.29, 1.82) is 0 Å². The molecule has 1 fully saturated rings. The number of Topliss-reactive ketones (excluding diaryl/α,β-unsaturated/α-hetero) is 1. The topological polar surface area (TPSA) is 198 Å². The molecule has 2 aliphatic heterocycles. The Hall–Kier alpha value is -3.25. The lowest BCUT2D eigenvalue weighted by Gasteiger charge is -2.49. The molecule has 2 atom stereocenters. The van der Waals surface area contributed by atoms with Crippen molar-refractivity contribution in [3.8, 4) is 0 Å². The summed E-state index contributed by atoms with van der Waals surface area (Å²) < 4.78 is 28.1. The number of aryl methyl sites for hydroxylation is 1. The number of aliphatic carboxylic acids is 1. The second kappa shape index (κ2) is 13.6. The molecule has 0 unspecified atom stereocenters. The second-order valence-corrected chi connectivity index (χ2v) is 14.6. The number of sulfonamides is 1. The van der Waals surface area contributed by atoms with Crippen LogP contribution in [0.1, 0.15) is 30.2 Å². The SMILES string of the molecule is CO/N=C(\C(=O)C[C@@H]1C(=O)N2C(C(=O)O)=C(Cc3cc(S(=O)(=O)NCCSC(C)=O)ccc3C)CS[C@H]12)c1csc(N)n1. The number of fused-ring (bicyclic) bond motifs is 1. The van der Waals surface area contributed by atoms with Gasteiger partial charge in [0.1, 0.15) is 18.5 Å². The van der Waals surface area contributed by atoms with E-state index in [9.17, 15) is 32.7 Å². The van der Waals surface area contributed by atoms with Gasteiger partial charge < -0.3 is 15.7 Å². The number of aromatic nitrogens is 1. The molecule has 4 rings (SSSR count). The highest BCUT2D eigenvalue weighted by Crippen LogP contribution is 2.46. The predicted molar refractivity (Wildman–Crippen MR) is 164 cm³/mol. The Morgan fingerprint density at radius 3 is 2.70 bits per heavy atom. The highest BCUT2D eigenvalue weighted by molar-refractivity contribution is 8.13. The Balaban J connectivity index is 1.52. The van der Waals surface area contributed by atoms with Crippen molar-refractivity contribution >= 4 is 78.5 Å². The van der Waals surface area contributed by atoms with E-state index in [0.29, 0.717) is 11.1 Å². The molecule has 0 bridgehead atoms. The number of carboxylic acid groups (broad SMARTS) is 1. The first-order chi connectivity index (χ1) is 20.3. The van der Waals surface area contributed by atoms with Gasteiger partial charge in [-0.3, -0.25) is 19.3 Å². The number of ketones is 1. The number of β-lactam (4-membered cyclic amide) rings is 1. The van der Waals surface area contributed by atoms with Gasteiger partial charge in [-0.05, 0) is 42.2 Å². The van der Waals surface area contributed by atoms with Crippen LogP contribution in [0, 0.1) is 12.8 Å². The van der Waals surface area contributed by atoms with Gasteiger partial charge in [-0.25, -0.2) is 22.9 Å². The van der Waals surface area contributed by atoms with Gasteiger partial charge in [-0.1, -0.05) is 23.0 Å². The molecule has 0 aliphatic carbocycles. The number of nitrogens with one attached hydrogen (secondary N) is 1. The van der Waals surface area contributed by atoms with Gasteiger partial charge in [-0.2, -0.15) is 0 Å². The summed E-state index contributed by atoms with van der Waals surface area (Å²) in [6.45, 7) is 3.26. The molecule has 4 N–H and O–H groups in total. The standard InChI is InChI=1S/C26H29N5O8S4/c1-13-4-5-17(43(37,38)28-6-7-40-14(2)32)9-15(13)8-16-11-41-24-18(23(34)31(24)22(16)25(35)36)10-20(33)21(30-39-3)19-12-42-26(27)29-19/h4-5,9,12,18,24,28H,6-8,10-11H2,1-3H3,(H2,27,29)(H,35,36)/b30-21-/t18-,24-/m1/s1. The summed E-state index contributed by atoms with van der Waals surface area (Å²) in [4.78, 5) is 59.9. The van der Waals surface area contributed by atoms with E-state index in [1.54, 1.807) is 18.4 Å². The molecule has 1 saturated heterocycles. The molecule has 1 aromatic heterocycles. The zero-order chi connectivity index (χ0) is 31.5. The quantitative estimate of drug-likeness (QED) is 0.122. The van der Waals surface area contributed by atoms with Crippen LogP contribution < -0.4 is 10.5 Å². The van der Waals surface area contributed by atoms with Gasteiger partial charge in [0.2, 0.25) is 15.9 Å². The minimum Gasteiger partial charge on any atom is -0.477 e. The monoisotopic (exact) mass is 667 g/mol. The summed E-state index contributed by atoms with van der Waals surface area (Å²) in [6.07, 6.45) is -0.105. The molecule has 0 saturated carbocycles. The number of nitrogens with two attached hydrogens (primary N) is 1. The third-order valence-corrected chi connectivity index (χ3v) is 11.1. The Kier molecular flexibility index (Phi) is 10.3. The third kappa shape index (κ3) is 7.29. The number of thioether (sulfide) groups is 2. The van der Waals surface area contributed by atoms with E-state index in [4.69, 9.17) is 10.6 Å². The molecule has 2 aromatic rings. The third-order valence-electron chi connectivity index (χ3n) is 6.71. The summed E-state index contributed by atoms with van der Waals surface area (Å²) in [5, 5.41) is 15.0. The number of benzene rings is 1. The van der Waals surface area contributed by atoms with Crippen LogP contribution in [0.5, 0.6) is 0 Å². The van der Waals surface area contributed by atoms with Crippen molar-refractivity contribution in [3.63, 3.8) is 0 Å². The molecule has 1 aromatic carbocycles. The first-order valence-corrected chi connectivity index (χ1v) is 17.2. The van der Waals surface area contributed by atoms with Gasteiger partial charge in [0.05, 0.1) is 16.2 Å². The Morgan fingerprint density at radius 1 is 1.33 bits per heavy atom. The average molecular weight is 668 g/mol. The number of oxime groups is 1. The number of hydrogen-bond acceptors (Lipinski definition) is 13. The number of nitrogens with zero attached hydrogens (tertiary/aromatic N) is 3.